The van der Waals surface area contributed by atoms with Gasteiger partial charge in [-0.1, -0.05) is 12.1 Å². The molecule has 1 aromatic heterocycles. The number of furan rings is 1. The minimum absolute atomic E-state index is 0.209. The molecule has 0 saturated carbocycles. The highest BCUT2D eigenvalue weighted by atomic mass is 16.5. The summed E-state index contributed by atoms with van der Waals surface area (Å²) >= 11 is 0. The van der Waals surface area contributed by atoms with Gasteiger partial charge in [-0.15, -0.1) is 0 Å². The monoisotopic (exact) mass is 394 g/mol. The van der Waals surface area contributed by atoms with Crippen molar-refractivity contribution in [2.45, 2.75) is 6.92 Å². The summed E-state index contributed by atoms with van der Waals surface area (Å²) in [5.74, 6) is 0.155. The Balaban J connectivity index is 1.61. The van der Waals surface area contributed by atoms with Gasteiger partial charge in [-0.3, -0.25) is 9.59 Å². The fraction of sp³-hybridized carbons (Fsp3) is 0.182. The molecule has 29 heavy (non-hydrogen) atoms. The molecule has 2 N–H and O–H groups in total. The van der Waals surface area contributed by atoms with Gasteiger partial charge in [0.05, 0.1) is 12.9 Å². The van der Waals surface area contributed by atoms with Crippen LogP contribution >= 0.6 is 0 Å². The predicted octanol–water partition coefficient (Wildman–Crippen LogP) is 4.20. The Morgan fingerprint density at radius 2 is 1.66 bits per heavy atom. The Labute approximate surface area is 168 Å². The van der Waals surface area contributed by atoms with Crippen LogP contribution in [0, 0.1) is 0 Å². The van der Waals surface area contributed by atoms with E-state index in [1.54, 1.807) is 60.7 Å². The zero-order chi connectivity index (χ0) is 20.5. The molecule has 0 atom stereocenters. The number of nitrogens with one attached hydrogen (secondary N) is 2. The lowest BCUT2D eigenvalue weighted by Gasteiger charge is -2.10. The minimum Gasteiger partial charge on any atom is -0.491 e. The Hall–Kier alpha value is -3.58. The van der Waals surface area contributed by atoms with Crippen molar-refractivity contribution in [1.29, 1.82) is 0 Å². The third-order valence-corrected chi connectivity index (χ3v) is 3.92. The van der Waals surface area contributed by atoms with E-state index < -0.39 is 0 Å². The van der Waals surface area contributed by atoms with E-state index in [2.05, 4.69) is 10.6 Å². The molecule has 7 heteroatoms. The number of benzene rings is 2. The van der Waals surface area contributed by atoms with Crippen molar-refractivity contribution in [2.75, 3.05) is 30.5 Å². The van der Waals surface area contributed by atoms with E-state index in [1.807, 2.05) is 6.92 Å². The normalized spacial score (nSPS) is 10.4. The number of hydrogen-bond acceptors (Lipinski definition) is 5. The number of carbonyl (C=O) groups excluding carboxylic acids is 2. The molecule has 0 unspecified atom stereocenters. The molecule has 3 rings (SSSR count). The third-order valence-electron chi connectivity index (χ3n) is 3.92. The van der Waals surface area contributed by atoms with Crippen molar-refractivity contribution in [3.05, 3.63) is 78.3 Å². The maximum absolute atomic E-state index is 12.6. The van der Waals surface area contributed by atoms with Gasteiger partial charge in [0.2, 0.25) is 0 Å². The summed E-state index contributed by atoms with van der Waals surface area (Å²) in [6, 6.07) is 17.0. The highest BCUT2D eigenvalue weighted by molar-refractivity contribution is 6.05. The standard InChI is InChI=1S/C22H22N2O5/c1-2-27-12-13-28-19-9-3-6-16(14-19)21(25)23-17-7-4-8-18(15-17)24-22(26)20-10-5-11-29-20/h3-11,14-15H,2,12-13H2,1H3,(H,23,25)(H,24,26). The van der Waals surface area contributed by atoms with E-state index in [-0.39, 0.29) is 17.6 Å². The number of rotatable bonds is 9. The first-order chi connectivity index (χ1) is 14.2. The first-order valence-corrected chi connectivity index (χ1v) is 9.22. The lowest BCUT2D eigenvalue weighted by Crippen LogP contribution is -2.14. The molecule has 0 spiro atoms. The molecule has 0 fully saturated rings. The second-order valence-corrected chi connectivity index (χ2v) is 6.04. The van der Waals surface area contributed by atoms with Gasteiger partial charge in [0, 0.05) is 23.5 Å². The average molecular weight is 394 g/mol. The number of ether oxygens (including phenoxy) is 2. The molecule has 0 radical (unpaired) electrons. The highest BCUT2D eigenvalue weighted by Gasteiger charge is 2.11. The molecule has 0 aliphatic heterocycles. The highest BCUT2D eigenvalue weighted by Crippen LogP contribution is 2.19. The molecular weight excluding hydrogens is 372 g/mol. The maximum atomic E-state index is 12.6. The van der Waals surface area contributed by atoms with Crippen LogP contribution in [0.15, 0.2) is 71.3 Å². The minimum atomic E-state index is -0.365. The summed E-state index contributed by atoms with van der Waals surface area (Å²) < 4.78 is 15.9. The van der Waals surface area contributed by atoms with Crippen LogP contribution in [0.2, 0.25) is 0 Å². The fourth-order valence-electron chi connectivity index (χ4n) is 2.57. The van der Waals surface area contributed by atoms with Crippen molar-refractivity contribution in [3.8, 4) is 5.75 Å². The van der Waals surface area contributed by atoms with Crippen LogP contribution in [0.4, 0.5) is 11.4 Å². The smallest absolute Gasteiger partial charge is 0.291 e. The summed E-state index contributed by atoms with van der Waals surface area (Å²) in [6.45, 7) is 3.45. The van der Waals surface area contributed by atoms with E-state index >= 15 is 0 Å². The van der Waals surface area contributed by atoms with Gasteiger partial charge in [0.15, 0.2) is 5.76 Å². The van der Waals surface area contributed by atoms with E-state index in [0.717, 1.165) is 0 Å². The molecule has 0 aliphatic carbocycles. The summed E-state index contributed by atoms with van der Waals surface area (Å²) in [6.07, 6.45) is 1.43. The van der Waals surface area contributed by atoms with Gasteiger partial charge in [-0.2, -0.15) is 0 Å². The quantitative estimate of drug-likeness (QED) is 0.531. The van der Waals surface area contributed by atoms with Crippen molar-refractivity contribution in [2.24, 2.45) is 0 Å². The van der Waals surface area contributed by atoms with Crippen molar-refractivity contribution in [3.63, 3.8) is 0 Å². The van der Waals surface area contributed by atoms with Crippen LogP contribution in [-0.2, 0) is 4.74 Å². The zero-order valence-corrected chi connectivity index (χ0v) is 16.0. The number of anilines is 2. The van der Waals surface area contributed by atoms with E-state index in [0.29, 0.717) is 42.5 Å². The van der Waals surface area contributed by atoms with Crippen LogP contribution in [0.1, 0.15) is 27.8 Å². The summed E-state index contributed by atoms with van der Waals surface area (Å²) in [4.78, 5) is 24.6. The Kier molecular flexibility index (Phi) is 7.02. The first kappa shape index (κ1) is 20.2. The van der Waals surface area contributed by atoms with E-state index in [4.69, 9.17) is 13.9 Å². The van der Waals surface area contributed by atoms with Crippen molar-refractivity contribution in [1.82, 2.24) is 0 Å². The lowest BCUT2D eigenvalue weighted by atomic mass is 10.2. The van der Waals surface area contributed by atoms with Gasteiger partial charge in [0.1, 0.15) is 12.4 Å². The molecule has 2 aromatic carbocycles. The SMILES string of the molecule is CCOCCOc1cccc(C(=O)Nc2cccc(NC(=O)c3ccco3)c2)c1. The van der Waals surface area contributed by atoms with Gasteiger partial charge in [0.25, 0.3) is 11.8 Å². The number of hydrogen-bond donors (Lipinski definition) is 2. The van der Waals surface area contributed by atoms with Crippen LogP contribution in [0.5, 0.6) is 5.75 Å². The second-order valence-electron chi connectivity index (χ2n) is 6.04. The number of amides is 2. The second kappa shape index (κ2) is 10.1. The van der Waals surface area contributed by atoms with Gasteiger partial charge < -0.3 is 24.5 Å². The van der Waals surface area contributed by atoms with E-state index in [1.165, 1.54) is 6.26 Å². The van der Waals surface area contributed by atoms with Gasteiger partial charge in [-0.05, 0) is 55.5 Å². The third kappa shape index (κ3) is 5.95. The average Bonchev–Trinajstić information content (AvgIpc) is 3.27. The zero-order valence-electron chi connectivity index (χ0n) is 16.0. The first-order valence-electron chi connectivity index (χ1n) is 9.22. The topological polar surface area (TPSA) is 89.8 Å². The molecule has 0 bridgehead atoms. The van der Waals surface area contributed by atoms with Gasteiger partial charge in [-0.25, -0.2) is 0 Å². The summed E-state index contributed by atoms with van der Waals surface area (Å²) in [5, 5.41) is 5.54. The largest absolute Gasteiger partial charge is 0.491 e. The number of carbonyl (C=O) groups is 2. The van der Waals surface area contributed by atoms with Crippen LogP contribution in [0.25, 0.3) is 0 Å². The van der Waals surface area contributed by atoms with Crippen LogP contribution in [-0.4, -0.2) is 31.6 Å². The molecule has 2 amide bonds. The fourth-order valence-corrected chi connectivity index (χ4v) is 2.57. The molecule has 150 valence electrons. The Bertz CT molecular complexity index is 953. The summed E-state index contributed by atoms with van der Waals surface area (Å²) in [7, 11) is 0. The van der Waals surface area contributed by atoms with Crippen molar-refractivity contribution >= 4 is 23.2 Å². The molecule has 3 aromatic rings. The maximum Gasteiger partial charge on any atom is 0.291 e. The molecule has 1 heterocycles. The van der Waals surface area contributed by atoms with Crippen molar-refractivity contribution < 1.29 is 23.5 Å². The lowest BCUT2D eigenvalue weighted by molar-refractivity contribution is 0.0994. The van der Waals surface area contributed by atoms with E-state index in [9.17, 15) is 9.59 Å². The van der Waals surface area contributed by atoms with Gasteiger partial charge >= 0.3 is 0 Å². The molecular formula is C22H22N2O5. The van der Waals surface area contributed by atoms with Crippen LogP contribution in [0.3, 0.4) is 0 Å². The Morgan fingerprint density at radius 3 is 2.38 bits per heavy atom. The molecule has 7 nitrogen and oxygen atoms in total. The Morgan fingerprint density at radius 1 is 0.897 bits per heavy atom. The van der Waals surface area contributed by atoms with Crippen LogP contribution < -0.4 is 15.4 Å². The predicted molar refractivity (Wildman–Crippen MR) is 109 cm³/mol. The summed E-state index contributed by atoms with van der Waals surface area (Å²) in [5.41, 5.74) is 1.55. The molecule has 0 saturated heterocycles. The molecule has 0 aliphatic rings.